The molecule has 1 aliphatic rings. The number of pyridine rings is 3. The number of fused-ring (bicyclic) bond motifs is 1. The highest BCUT2D eigenvalue weighted by atomic mass is 35.5. The summed E-state index contributed by atoms with van der Waals surface area (Å²) in [5, 5.41) is 3.59. The van der Waals surface area contributed by atoms with E-state index in [2.05, 4.69) is 25.2 Å². The maximum Gasteiger partial charge on any atom is 0.410 e. The number of hydrogen-bond donors (Lipinski definition) is 1. The Labute approximate surface area is 209 Å². The van der Waals surface area contributed by atoms with Gasteiger partial charge in [0.1, 0.15) is 22.1 Å². The minimum Gasteiger partial charge on any atom is -0.444 e. The minimum absolute atomic E-state index is 0.0431. The second-order valence-electron chi connectivity index (χ2n) is 9.61. The average molecular weight is 497 g/mol. The van der Waals surface area contributed by atoms with E-state index in [1.807, 2.05) is 32.9 Å². The lowest BCUT2D eigenvalue weighted by Crippen LogP contribution is -2.42. The third-order valence-corrected chi connectivity index (χ3v) is 6.00. The van der Waals surface area contributed by atoms with Gasteiger partial charge in [-0.3, -0.25) is 9.78 Å². The average Bonchev–Trinajstić information content (AvgIpc) is 3.28. The first-order chi connectivity index (χ1) is 16.5. The summed E-state index contributed by atoms with van der Waals surface area (Å²) < 4.78 is 5.49. The molecule has 1 fully saturated rings. The number of carbonyl (C=O) groups is 2. The third-order valence-electron chi connectivity index (χ3n) is 5.79. The standard InChI is InChI=1S/C25H29ClN6O3/c1-15(33)18-13-27-19-7-8-20(26)30-23(19)22(18)29-16-6-9-21(28-12-16)32-11-10-17(14-32)31(5)24(34)35-25(2,3)4/h6-9,12-13,17H,10-11,14H2,1-5H3,(H,27,29). The second kappa shape index (κ2) is 9.65. The minimum atomic E-state index is -0.530. The molecule has 1 atom stereocenters. The van der Waals surface area contributed by atoms with Crippen molar-refractivity contribution in [2.24, 2.45) is 0 Å². The van der Waals surface area contributed by atoms with Crippen LogP contribution in [0.4, 0.5) is 22.0 Å². The summed E-state index contributed by atoms with van der Waals surface area (Å²) in [6.45, 7) is 8.51. The molecule has 3 aromatic heterocycles. The van der Waals surface area contributed by atoms with Crippen molar-refractivity contribution in [3.8, 4) is 0 Å². The van der Waals surface area contributed by atoms with E-state index in [-0.39, 0.29) is 17.9 Å². The van der Waals surface area contributed by atoms with Gasteiger partial charge in [0.2, 0.25) is 0 Å². The molecule has 1 N–H and O–H groups in total. The summed E-state index contributed by atoms with van der Waals surface area (Å²) in [4.78, 5) is 41.7. The predicted molar refractivity (Wildman–Crippen MR) is 137 cm³/mol. The fourth-order valence-corrected chi connectivity index (χ4v) is 4.12. The zero-order chi connectivity index (χ0) is 25.3. The lowest BCUT2D eigenvalue weighted by Gasteiger charge is -2.28. The molecule has 1 amide bonds. The third kappa shape index (κ3) is 5.62. The number of aromatic nitrogens is 3. The van der Waals surface area contributed by atoms with Gasteiger partial charge >= 0.3 is 6.09 Å². The smallest absolute Gasteiger partial charge is 0.410 e. The molecule has 9 nitrogen and oxygen atoms in total. The molecule has 4 rings (SSSR count). The Kier molecular flexibility index (Phi) is 6.80. The van der Waals surface area contributed by atoms with Crippen molar-refractivity contribution in [3.63, 3.8) is 0 Å². The van der Waals surface area contributed by atoms with Crippen molar-refractivity contribution in [2.45, 2.75) is 45.8 Å². The molecule has 0 spiro atoms. The summed E-state index contributed by atoms with van der Waals surface area (Å²) in [5.41, 5.74) is 2.28. The van der Waals surface area contributed by atoms with Crippen molar-refractivity contribution in [1.29, 1.82) is 0 Å². The topological polar surface area (TPSA) is 101 Å². The molecule has 0 bridgehead atoms. The molecule has 0 radical (unpaired) electrons. The van der Waals surface area contributed by atoms with Crippen LogP contribution in [0.2, 0.25) is 5.15 Å². The number of halogens is 1. The molecule has 35 heavy (non-hydrogen) atoms. The molecule has 10 heteroatoms. The number of nitrogens with zero attached hydrogens (tertiary/aromatic N) is 5. The number of ketones is 1. The molecule has 0 saturated carbocycles. The molecule has 184 valence electrons. The normalized spacial score (nSPS) is 15.8. The molecule has 0 aromatic carbocycles. The highest BCUT2D eigenvalue weighted by Crippen LogP contribution is 2.30. The predicted octanol–water partition coefficient (Wildman–Crippen LogP) is 5.07. The Morgan fingerprint density at radius 1 is 1.17 bits per heavy atom. The Bertz CT molecular complexity index is 1260. The van der Waals surface area contributed by atoms with Crippen LogP contribution < -0.4 is 10.2 Å². The number of hydrogen-bond acceptors (Lipinski definition) is 8. The lowest BCUT2D eigenvalue weighted by molar-refractivity contribution is 0.0237. The van der Waals surface area contributed by atoms with Crippen LogP contribution in [0.1, 0.15) is 44.5 Å². The molecule has 3 aromatic rings. The van der Waals surface area contributed by atoms with Crippen molar-refractivity contribution < 1.29 is 14.3 Å². The van der Waals surface area contributed by atoms with Crippen molar-refractivity contribution in [2.75, 3.05) is 30.4 Å². The van der Waals surface area contributed by atoms with Gasteiger partial charge in [-0.15, -0.1) is 0 Å². The van der Waals surface area contributed by atoms with Crippen LogP contribution in [0, 0.1) is 0 Å². The highest BCUT2D eigenvalue weighted by molar-refractivity contribution is 6.30. The fraction of sp³-hybridized carbons (Fsp3) is 0.400. The molecular formula is C25H29ClN6O3. The van der Waals surface area contributed by atoms with Crippen LogP contribution in [0.5, 0.6) is 0 Å². The zero-order valence-electron chi connectivity index (χ0n) is 20.5. The Morgan fingerprint density at radius 2 is 1.94 bits per heavy atom. The Hall–Kier alpha value is -3.46. The Morgan fingerprint density at radius 3 is 2.60 bits per heavy atom. The number of carbonyl (C=O) groups excluding carboxylic acids is 2. The summed E-state index contributed by atoms with van der Waals surface area (Å²) in [6, 6.07) is 7.28. The van der Waals surface area contributed by atoms with Crippen LogP contribution >= 0.6 is 11.6 Å². The highest BCUT2D eigenvalue weighted by Gasteiger charge is 2.31. The zero-order valence-corrected chi connectivity index (χ0v) is 21.3. The van der Waals surface area contributed by atoms with Gasteiger partial charge in [-0.25, -0.2) is 14.8 Å². The quantitative estimate of drug-likeness (QED) is 0.386. The summed E-state index contributed by atoms with van der Waals surface area (Å²) in [5.74, 6) is 0.675. The summed E-state index contributed by atoms with van der Waals surface area (Å²) in [6.07, 6.45) is 3.75. The first-order valence-corrected chi connectivity index (χ1v) is 11.8. The SMILES string of the molecule is CC(=O)c1cnc2ccc(Cl)nc2c1Nc1ccc(N2CCC(N(C)C(=O)OC(C)(C)C)C2)nc1. The summed E-state index contributed by atoms with van der Waals surface area (Å²) >= 11 is 6.10. The molecule has 4 heterocycles. The van der Waals surface area contributed by atoms with Gasteiger partial charge in [0.15, 0.2) is 5.78 Å². The maximum atomic E-state index is 12.4. The van der Waals surface area contributed by atoms with E-state index in [4.69, 9.17) is 16.3 Å². The summed E-state index contributed by atoms with van der Waals surface area (Å²) in [7, 11) is 1.77. The van der Waals surface area contributed by atoms with Gasteiger partial charge in [0.25, 0.3) is 0 Å². The monoisotopic (exact) mass is 496 g/mol. The Balaban J connectivity index is 1.49. The van der Waals surface area contributed by atoms with Crippen LogP contribution in [-0.2, 0) is 4.74 Å². The van der Waals surface area contributed by atoms with E-state index in [1.54, 1.807) is 30.3 Å². The number of likely N-dealkylation sites (N-methyl/N-ethyl adjacent to an activating group) is 1. The van der Waals surface area contributed by atoms with Gasteiger partial charge < -0.3 is 19.9 Å². The maximum absolute atomic E-state index is 12.4. The van der Waals surface area contributed by atoms with Crippen molar-refractivity contribution >= 4 is 51.7 Å². The molecule has 0 aliphatic carbocycles. The number of rotatable bonds is 5. The first-order valence-electron chi connectivity index (χ1n) is 11.4. The molecular weight excluding hydrogens is 468 g/mol. The first kappa shape index (κ1) is 24.7. The van der Waals surface area contributed by atoms with E-state index in [9.17, 15) is 9.59 Å². The van der Waals surface area contributed by atoms with Crippen LogP contribution in [0.25, 0.3) is 11.0 Å². The van der Waals surface area contributed by atoms with Gasteiger partial charge in [0, 0.05) is 26.3 Å². The van der Waals surface area contributed by atoms with Gasteiger partial charge in [-0.1, -0.05) is 11.6 Å². The fourth-order valence-electron chi connectivity index (χ4n) is 3.98. The molecule has 1 aliphatic heterocycles. The van der Waals surface area contributed by atoms with E-state index < -0.39 is 5.60 Å². The van der Waals surface area contributed by atoms with Crippen molar-refractivity contribution in [3.05, 3.63) is 47.4 Å². The van der Waals surface area contributed by atoms with E-state index in [1.165, 1.54) is 13.1 Å². The van der Waals surface area contributed by atoms with Gasteiger partial charge in [-0.2, -0.15) is 0 Å². The van der Waals surface area contributed by atoms with Gasteiger partial charge in [-0.05, 0) is 58.4 Å². The number of ether oxygens (including phenoxy) is 1. The van der Waals surface area contributed by atoms with E-state index >= 15 is 0 Å². The van der Waals surface area contributed by atoms with Gasteiger partial charge in [0.05, 0.1) is 34.7 Å². The van der Waals surface area contributed by atoms with Crippen LogP contribution in [-0.4, -0.2) is 63.5 Å². The van der Waals surface area contributed by atoms with Crippen molar-refractivity contribution in [1.82, 2.24) is 19.9 Å². The van der Waals surface area contributed by atoms with Crippen LogP contribution in [0.3, 0.4) is 0 Å². The number of Topliss-reactive ketones (excluding diaryl/α,β-unsaturated/α-hetero) is 1. The second-order valence-corrected chi connectivity index (χ2v) is 10.0. The number of amides is 1. The number of anilines is 3. The molecule has 1 unspecified atom stereocenters. The van der Waals surface area contributed by atoms with Crippen LogP contribution in [0.15, 0.2) is 36.7 Å². The van der Waals surface area contributed by atoms with E-state index in [0.29, 0.717) is 39.7 Å². The lowest BCUT2D eigenvalue weighted by atomic mass is 10.1. The van der Waals surface area contributed by atoms with E-state index in [0.717, 1.165) is 18.8 Å². The largest absolute Gasteiger partial charge is 0.444 e. The number of nitrogens with one attached hydrogen (secondary N) is 1. The molecule has 1 saturated heterocycles.